The summed E-state index contributed by atoms with van der Waals surface area (Å²) < 4.78 is 0. The lowest BCUT2D eigenvalue weighted by Crippen LogP contribution is -2.22. The summed E-state index contributed by atoms with van der Waals surface area (Å²) in [5.74, 6) is 0.0748. The van der Waals surface area contributed by atoms with Crippen molar-refractivity contribution >= 4 is 5.78 Å². The van der Waals surface area contributed by atoms with E-state index in [2.05, 4.69) is 13.2 Å². The second-order valence-corrected chi connectivity index (χ2v) is 5.24. The second kappa shape index (κ2) is 5.97. The summed E-state index contributed by atoms with van der Waals surface area (Å²) in [5, 5.41) is 9.73. The van der Waals surface area contributed by atoms with Crippen LogP contribution in [-0.2, 0) is 4.79 Å². The minimum atomic E-state index is -0.867. The molecule has 1 atom stereocenters. The summed E-state index contributed by atoms with van der Waals surface area (Å²) in [6.45, 7) is 14.4. The van der Waals surface area contributed by atoms with Crippen molar-refractivity contribution in [1.29, 1.82) is 0 Å². The van der Waals surface area contributed by atoms with Gasteiger partial charge in [-0.2, -0.15) is 0 Å². The minimum absolute atomic E-state index is 0.0748. The number of allylic oxidation sites excluding steroid dienone is 3. The highest BCUT2D eigenvalue weighted by Crippen LogP contribution is 2.23. The highest BCUT2D eigenvalue weighted by Gasteiger charge is 2.24. The van der Waals surface area contributed by atoms with Crippen molar-refractivity contribution in [3.8, 4) is 0 Å². The maximum Gasteiger partial charge on any atom is 0.167 e. The van der Waals surface area contributed by atoms with Crippen molar-refractivity contribution in [2.75, 3.05) is 0 Å². The summed E-state index contributed by atoms with van der Waals surface area (Å²) in [6.07, 6.45) is 6.27. The average Bonchev–Trinajstić information content (AvgIpc) is 2.27. The molecule has 0 bridgehead atoms. The zero-order chi connectivity index (χ0) is 13.7. The highest BCUT2D eigenvalue weighted by molar-refractivity contribution is 6.00. The lowest BCUT2D eigenvalue weighted by atomic mass is 9.84. The van der Waals surface area contributed by atoms with Crippen molar-refractivity contribution in [2.24, 2.45) is 5.41 Å². The lowest BCUT2D eigenvalue weighted by molar-refractivity contribution is -0.121. The summed E-state index contributed by atoms with van der Waals surface area (Å²) in [7, 11) is 0. The van der Waals surface area contributed by atoms with E-state index in [1.165, 1.54) is 6.08 Å². The Labute approximate surface area is 105 Å². The molecule has 0 aliphatic carbocycles. The molecule has 0 radical (unpaired) electrons. The third kappa shape index (κ3) is 5.14. The number of ketones is 1. The average molecular weight is 236 g/mol. The Morgan fingerprint density at radius 1 is 1.24 bits per heavy atom. The molecule has 0 aliphatic heterocycles. The quantitative estimate of drug-likeness (QED) is 0.543. The fourth-order valence-corrected chi connectivity index (χ4v) is 1.38. The van der Waals surface area contributed by atoms with Crippen LogP contribution >= 0.6 is 0 Å². The van der Waals surface area contributed by atoms with Gasteiger partial charge < -0.3 is 5.11 Å². The van der Waals surface area contributed by atoms with Crippen molar-refractivity contribution in [1.82, 2.24) is 0 Å². The molecule has 0 aliphatic rings. The molecule has 0 spiro atoms. The maximum atomic E-state index is 12.0. The molecule has 0 fully saturated rings. The Balaban J connectivity index is 4.53. The van der Waals surface area contributed by atoms with E-state index in [1.807, 2.05) is 19.9 Å². The van der Waals surface area contributed by atoms with E-state index in [4.69, 9.17) is 0 Å². The van der Waals surface area contributed by atoms with Gasteiger partial charge >= 0.3 is 0 Å². The van der Waals surface area contributed by atoms with Gasteiger partial charge in [-0.25, -0.2) is 0 Å². The van der Waals surface area contributed by atoms with E-state index in [9.17, 15) is 9.90 Å². The molecule has 1 N–H and O–H groups in total. The molecule has 0 saturated carbocycles. The van der Waals surface area contributed by atoms with Crippen LogP contribution in [0.3, 0.4) is 0 Å². The number of hydrogen-bond acceptors (Lipinski definition) is 2. The molecular formula is C15H24O2. The lowest BCUT2D eigenvalue weighted by Gasteiger charge is -2.19. The molecule has 2 nitrogen and oxygen atoms in total. The first-order valence-electron chi connectivity index (χ1n) is 5.87. The molecule has 2 heteroatoms. The van der Waals surface area contributed by atoms with Crippen LogP contribution in [0, 0.1) is 5.41 Å². The first-order valence-corrected chi connectivity index (χ1v) is 5.87. The number of carbonyl (C=O) groups is 1. The van der Waals surface area contributed by atoms with Gasteiger partial charge in [0.15, 0.2) is 5.78 Å². The predicted molar refractivity (Wildman–Crippen MR) is 72.8 cm³/mol. The predicted octanol–water partition coefficient (Wildman–Crippen LogP) is 3.43. The molecule has 17 heavy (non-hydrogen) atoms. The van der Waals surface area contributed by atoms with Gasteiger partial charge in [-0.3, -0.25) is 4.79 Å². The van der Waals surface area contributed by atoms with Crippen LogP contribution in [0.25, 0.3) is 0 Å². The summed E-state index contributed by atoms with van der Waals surface area (Å²) in [6, 6.07) is 0. The maximum absolute atomic E-state index is 12.0. The highest BCUT2D eigenvalue weighted by atomic mass is 16.3. The van der Waals surface area contributed by atoms with Gasteiger partial charge in [-0.1, -0.05) is 18.2 Å². The molecule has 0 aromatic rings. The van der Waals surface area contributed by atoms with E-state index in [0.29, 0.717) is 12.8 Å². The molecular weight excluding hydrogens is 212 g/mol. The Hall–Kier alpha value is -1.15. The minimum Gasteiger partial charge on any atom is -0.386 e. The molecule has 0 aromatic heterocycles. The van der Waals surface area contributed by atoms with Crippen LogP contribution in [-0.4, -0.2) is 16.5 Å². The van der Waals surface area contributed by atoms with Gasteiger partial charge in [-0.05, 0) is 46.1 Å². The summed E-state index contributed by atoms with van der Waals surface area (Å²) in [5.41, 5.74) is -0.676. The molecule has 0 heterocycles. The van der Waals surface area contributed by atoms with E-state index in [-0.39, 0.29) is 5.78 Å². The molecule has 0 amide bonds. The smallest absolute Gasteiger partial charge is 0.167 e. The monoisotopic (exact) mass is 236 g/mol. The van der Waals surface area contributed by atoms with E-state index in [1.54, 1.807) is 19.9 Å². The third-order valence-corrected chi connectivity index (χ3v) is 2.99. The van der Waals surface area contributed by atoms with Crippen molar-refractivity contribution in [3.05, 3.63) is 37.0 Å². The Bertz CT molecular complexity index is 333. The molecule has 96 valence electrons. The number of rotatable bonds is 7. The van der Waals surface area contributed by atoms with Crippen LogP contribution in [0.4, 0.5) is 0 Å². The zero-order valence-electron chi connectivity index (χ0n) is 11.4. The summed E-state index contributed by atoms with van der Waals surface area (Å²) >= 11 is 0. The largest absolute Gasteiger partial charge is 0.386 e. The van der Waals surface area contributed by atoms with Crippen LogP contribution in [0.15, 0.2) is 37.0 Å². The first kappa shape index (κ1) is 15.9. The Morgan fingerprint density at radius 3 is 2.18 bits per heavy atom. The Kier molecular flexibility index (Phi) is 5.56. The summed E-state index contributed by atoms with van der Waals surface area (Å²) in [4.78, 5) is 12.0. The van der Waals surface area contributed by atoms with E-state index >= 15 is 0 Å². The Morgan fingerprint density at radius 2 is 1.76 bits per heavy atom. The molecule has 0 saturated heterocycles. The van der Waals surface area contributed by atoms with Gasteiger partial charge in [0, 0.05) is 5.41 Å². The number of aliphatic hydroxyl groups is 1. The number of Topliss-reactive ketones (excluding diaryl/α,β-unsaturated/α-hetero) is 1. The van der Waals surface area contributed by atoms with E-state index in [0.717, 1.165) is 5.57 Å². The normalized spacial score (nSPS) is 16.2. The third-order valence-electron chi connectivity index (χ3n) is 2.99. The SMILES string of the molecule is C=CC(C)(C)C(=O)/C(C)=C/CC[C@@](C)(O)C=C. The first-order chi connectivity index (χ1) is 7.66. The van der Waals surface area contributed by atoms with Crippen molar-refractivity contribution in [2.45, 2.75) is 46.1 Å². The van der Waals surface area contributed by atoms with Gasteiger partial charge in [0.25, 0.3) is 0 Å². The zero-order valence-corrected chi connectivity index (χ0v) is 11.4. The molecule has 0 aromatic carbocycles. The van der Waals surface area contributed by atoms with Crippen LogP contribution in [0.1, 0.15) is 40.5 Å². The van der Waals surface area contributed by atoms with Crippen molar-refractivity contribution < 1.29 is 9.90 Å². The van der Waals surface area contributed by atoms with Crippen LogP contribution < -0.4 is 0 Å². The van der Waals surface area contributed by atoms with Crippen molar-refractivity contribution in [3.63, 3.8) is 0 Å². The fraction of sp³-hybridized carbons (Fsp3) is 0.533. The van der Waals surface area contributed by atoms with Crippen LogP contribution in [0.5, 0.6) is 0 Å². The number of carbonyl (C=O) groups excluding carboxylic acids is 1. The van der Waals surface area contributed by atoms with E-state index < -0.39 is 11.0 Å². The molecule has 0 unspecified atom stereocenters. The molecule has 0 rings (SSSR count). The van der Waals surface area contributed by atoms with Gasteiger partial charge in [0.2, 0.25) is 0 Å². The van der Waals surface area contributed by atoms with Gasteiger partial charge in [0.1, 0.15) is 0 Å². The standard InChI is InChI=1S/C15H24O2/c1-7-14(4,5)13(16)12(3)10-9-11-15(6,17)8-2/h7-8,10,17H,1-2,9,11H2,3-6H3/b12-10+/t15-/m0/s1. The van der Waals surface area contributed by atoms with Gasteiger partial charge in [-0.15, -0.1) is 13.2 Å². The topological polar surface area (TPSA) is 37.3 Å². The van der Waals surface area contributed by atoms with Crippen LogP contribution in [0.2, 0.25) is 0 Å². The fourth-order valence-electron chi connectivity index (χ4n) is 1.38. The second-order valence-electron chi connectivity index (χ2n) is 5.24. The number of hydrogen-bond donors (Lipinski definition) is 1. The van der Waals surface area contributed by atoms with Gasteiger partial charge in [0.05, 0.1) is 5.60 Å².